The number of esters is 1. The van der Waals surface area contributed by atoms with Crippen molar-refractivity contribution in [2.75, 3.05) is 12.0 Å². The van der Waals surface area contributed by atoms with Crippen molar-refractivity contribution in [1.29, 1.82) is 0 Å². The van der Waals surface area contributed by atoms with Crippen LogP contribution in [0.4, 0.5) is 10.5 Å². The van der Waals surface area contributed by atoms with Gasteiger partial charge in [-0.3, -0.25) is 9.69 Å². The van der Waals surface area contributed by atoms with Gasteiger partial charge in [-0.2, -0.15) is 0 Å². The molecule has 7 nitrogen and oxygen atoms in total. The Morgan fingerprint density at radius 2 is 1.85 bits per heavy atom. The molecular weight excluding hydrogens is 416 g/mol. The molecule has 8 heteroatoms. The fourth-order valence-corrected chi connectivity index (χ4v) is 2.81. The third kappa shape index (κ3) is 5.07. The van der Waals surface area contributed by atoms with Crippen molar-refractivity contribution in [3.8, 4) is 0 Å². The summed E-state index contributed by atoms with van der Waals surface area (Å²) in [7, 11) is 0. The van der Waals surface area contributed by atoms with Crippen LogP contribution >= 0.6 is 15.9 Å². The third-order valence-corrected chi connectivity index (χ3v) is 4.47. The number of anilines is 1. The van der Waals surface area contributed by atoms with Gasteiger partial charge in [-0.05, 0) is 29.8 Å². The van der Waals surface area contributed by atoms with Crippen LogP contribution in [0, 0.1) is 0 Å². The lowest BCUT2D eigenvalue weighted by Crippen LogP contribution is -2.40. The number of halogens is 1. The smallest absolute Gasteiger partial charge is 0.413 e. The lowest BCUT2D eigenvalue weighted by atomic mass is 10.2. The van der Waals surface area contributed by atoms with Gasteiger partial charge in [0.1, 0.15) is 12.6 Å². The average Bonchev–Trinajstić information content (AvgIpc) is 3.03. The Morgan fingerprint density at radius 1 is 1.15 bits per heavy atom. The van der Waals surface area contributed by atoms with Crippen LogP contribution in [0.3, 0.4) is 0 Å². The maximum Gasteiger partial charge on any atom is 0.413 e. The van der Waals surface area contributed by atoms with E-state index in [0.29, 0.717) is 5.69 Å². The predicted octanol–water partition coefficient (Wildman–Crippen LogP) is 3.30. The largest absolute Gasteiger partial charge is 0.444 e. The van der Waals surface area contributed by atoms with E-state index >= 15 is 0 Å². The molecule has 1 saturated heterocycles. The Morgan fingerprint density at radius 3 is 2.56 bits per heavy atom. The number of cyclic esters (lactones) is 1. The normalized spacial score (nSPS) is 16.0. The number of nitrogens with zero attached hydrogens (tertiary/aromatic N) is 1. The number of benzene rings is 2. The lowest BCUT2D eigenvalue weighted by Gasteiger charge is -2.19. The van der Waals surface area contributed by atoms with Gasteiger partial charge in [0.25, 0.3) is 0 Å². The van der Waals surface area contributed by atoms with Crippen molar-refractivity contribution in [2.24, 2.45) is 0 Å². The molecule has 1 atom stereocenters. The molecule has 1 aliphatic heterocycles. The molecule has 0 aromatic heterocycles. The summed E-state index contributed by atoms with van der Waals surface area (Å²) in [5, 5.41) is 2.69. The maximum atomic E-state index is 12.3. The number of amides is 2. The summed E-state index contributed by atoms with van der Waals surface area (Å²) < 4.78 is 11.0. The van der Waals surface area contributed by atoms with Gasteiger partial charge in [0.2, 0.25) is 5.91 Å². The van der Waals surface area contributed by atoms with Crippen molar-refractivity contribution in [3.63, 3.8) is 0 Å². The van der Waals surface area contributed by atoms with E-state index in [4.69, 9.17) is 9.47 Å². The molecule has 0 radical (unpaired) electrons. The fraction of sp³-hybridized carbons (Fsp3) is 0.211. The minimum atomic E-state index is -1.01. The second-order valence-electron chi connectivity index (χ2n) is 5.88. The summed E-state index contributed by atoms with van der Waals surface area (Å²) >= 11 is 3.31. The zero-order valence-corrected chi connectivity index (χ0v) is 15.8. The molecular formula is C19H17BrN2O5. The van der Waals surface area contributed by atoms with Crippen molar-refractivity contribution in [3.05, 3.63) is 64.6 Å². The second kappa shape index (κ2) is 8.68. The van der Waals surface area contributed by atoms with E-state index in [1.165, 1.54) is 0 Å². The number of carbonyl (C=O) groups is 3. The molecule has 1 fully saturated rings. The van der Waals surface area contributed by atoms with Crippen molar-refractivity contribution >= 4 is 39.6 Å². The van der Waals surface area contributed by atoms with Crippen LogP contribution in [0.1, 0.15) is 12.0 Å². The molecule has 1 heterocycles. The average molecular weight is 433 g/mol. The molecule has 0 unspecified atom stereocenters. The van der Waals surface area contributed by atoms with Gasteiger partial charge in [0.05, 0.1) is 6.42 Å². The van der Waals surface area contributed by atoms with Gasteiger partial charge in [0, 0.05) is 10.2 Å². The summed E-state index contributed by atoms with van der Waals surface area (Å²) in [5.74, 6) is -1.03. The molecule has 2 aromatic rings. The monoisotopic (exact) mass is 432 g/mol. The van der Waals surface area contributed by atoms with Crippen molar-refractivity contribution < 1.29 is 23.9 Å². The molecule has 0 saturated carbocycles. The Hall–Kier alpha value is -2.87. The van der Waals surface area contributed by atoms with Crippen molar-refractivity contribution in [1.82, 2.24) is 4.90 Å². The highest BCUT2D eigenvalue weighted by Gasteiger charge is 2.40. The summed E-state index contributed by atoms with van der Waals surface area (Å²) in [6.07, 6.45) is -0.916. The summed E-state index contributed by atoms with van der Waals surface area (Å²) in [6.45, 7) is -0.162. The van der Waals surface area contributed by atoms with Crippen LogP contribution in [0.15, 0.2) is 59.1 Å². The quantitative estimate of drug-likeness (QED) is 0.732. The molecule has 2 amide bonds. The Bertz CT molecular complexity index is 826. The molecule has 0 bridgehead atoms. The molecule has 0 spiro atoms. The second-order valence-corrected chi connectivity index (χ2v) is 6.79. The van der Waals surface area contributed by atoms with E-state index in [-0.39, 0.29) is 19.8 Å². The van der Waals surface area contributed by atoms with E-state index in [2.05, 4.69) is 21.2 Å². The minimum Gasteiger partial charge on any atom is -0.444 e. The molecule has 140 valence electrons. The van der Waals surface area contributed by atoms with Gasteiger partial charge in [-0.15, -0.1) is 0 Å². The molecule has 1 N–H and O–H groups in total. The van der Waals surface area contributed by atoms with Gasteiger partial charge in [0.15, 0.2) is 6.73 Å². The van der Waals surface area contributed by atoms with Crippen LogP contribution in [-0.2, 0) is 25.7 Å². The maximum absolute atomic E-state index is 12.3. The number of hydrogen-bond acceptors (Lipinski definition) is 5. The number of carbonyl (C=O) groups excluding carboxylic acids is 3. The van der Waals surface area contributed by atoms with E-state index in [1.54, 1.807) is 24.3 Å². The summed E-state index contributed by atoms with van der Waals surface area (Å²) in [5.41, 5.74) is 1.41. The first-order chi connectivity index (χ1) is 13.0. The number of rotatable bonds is 5. The summed E-state index contributed by atoms with van der Waals surface area (Å²) in [6, 6.07) is 15.2. The highest BCUT2D eigenvalue weighted by molar-refractivity contribution is 9.10. The number of ether oxygens (including phenoxy) is 2. The molecule has 0 aliphatic carbocycles. The van der Waals surface area contributed by atoms with Crippen LogP contribution in [-0.4, -0.2) is 35.6 Å². The Labute approximate surface area is 164 Å². The van der Waals surface area contributed by atoms with E-state index in [1.807, 2.05) is 30.3 Å². The first-order valence-electron chi connectivity index (χ1n) is 8.22. The minimum absolute atomic E-state index is 0.0716. The van der Waals surface area contributed by atoms with Crippen LogP contribution < -0.4 is 5.32 Å². The Balaban J connectivity index is 1.57. The number of hydrogen-bond donors (Lipinski definition) is 1. The van der Waals surface area contributed by atoms with Crippen LogP contribution in [0.2, 0.25) is 0 Å². The Kier molecular flexibility index (Phi) is 6.08. The van der Waals surface area contributed by atoms with Crippen LogP contribution in [0.5, 0.6) is 0 Å². The van der Waals surface area contributed by atoms with Crippen LogP contribution in [0.25, 0.3) is 0 Å². The molecule has 27 heavy (non-hydrogen) atoms. The van der Waals surface area contributed by atoms with Crippen molar-refractivity contribution in [2.45, 2.75) is 19.1 Å². The topological polar surface area (TPSA) is 84.9 Å². The highest BCUT2D eigenvalue weighted by atomic mass is 79.9. The van der Waals surface area contributed by atoms with Gasteiger partial charge in [-0.1, -0.05) is 46.3 Å². The third-order valence-electron chi connectivity index (χ3n) is 3.94. The van der Waals surface area contributed by atoms with Gasteiger partial charge < -0.3 is 14.8 Å². The molecule has 1 aliphatic rings. The van der Waals surface area contributed by atoms with E-state index < -0.39 is 24.0 Å². The molecule has 2 aromatic carbocycles. The first kappa shape index (κ1) is 18.9. The standard InChI is InChI=1S/C19H17BrN2O5/c20-14-6-8-15(9-7-14)21-17(23)10-16-18(24)27-12-22(16)19(25)26-11-13-4-2-1-3-5-13/h1-9,16H,10-12H2,(H,21,23)/t16-/m1/s1. The summed E-state index contributed by atoms with van der Waals surface area (Å²) in [4.78, 5) is 37.6. The molecule has 3 rings (SSSR count). The first-order valence-corrected chi connectivity index (χ1v) is 9.01. The predicted molar refractivity (Wildman–Crippen MR) is 101 cm³/mol. The lowest BCUT2D eigenvalue weighted by molar-refractivity contribution is -0.140. The van der Waals surface area contributed by atoms with E-state index in [9.17, 15) is 14.4 Å². The zero-order valence-electron chi connectivity index (χ0n) is 14.3. The van der Waals surface area contributed by atoms with Gasteiger partial charge in [-0.25, -0.2) is 9.59 Å². The zero-order chi connectivity index (χ0) is 19.2. The van der Waals surface area contributed by atoms with E-state index in [0.717, 1.165) is 14.9 Å². The van der Waals surface area contributed by atoms with Gasteiger partial charge >= 0.3 is 12.1 Å². The number of nitrogens with one attached hydrogen (secondary N) is 1. The SMILES string of the molecule is O=C(C[C@@H]1C(=O)OCN1C(=O)OCc1ccccc1)Nc1ccc(Br)cc1. The highest BCUT2D eigenvalue weighted by Crippen LogP contribution is 2.19. The fourth-order valence-electron chi connectivity index (χ4n) is 2.54.